The van der Waals surface area contributed by atoms with Crippen LogP contribution >= 0.6 is 11.6 Å². The number of hydrogen-bond donors (Lipinski definition) is 2. The lowest BCUT2D eigenvalue weighted by Gasteiger charge is -2.05. The molecule has 0 spiro atoms. The number of halogens is 1. The smallest absolute Gasteiger partial charge is 0.339 e. The number of phenols is 2. The predicted molar refractivity (Wildman–Crippen MR) is 50.7 cm³/mol. The van der Waals surface area contributed by atoms with Crippen molar-refractivity contribution >= 4 is 17.6 Å². The molecule has 0 radical (unpaired) electrons. The molecule has 0 saturated heterocycles. The zero-order valence-electron chi connectivity index (χ0n) is 7.45. The highest BCUT2D eigenvalue weighted by atomic mass is 35.5. The topological polar surface area (TPSA) is 66.8 Å². The van der Waals surface area contributed by atoms with E-state index in [0.717, 1.165) is 12.1 Å². The van der Waals surface area contributed by atoms with Crippen LogP contribution in [-0.2, 0) is 4.74 Å². The first-order valence-electron chi connectivity index (χ1n) is 3.94. The van der Waals surface area contributed by atoms with Gasteiger partial charge in [0, 0.05) is 6.07 Å². The molecule has 1 aromatic rings. The lowest BCUT2D eigenvalue weighted by molar-refractivity contribution is 0.0526. The fraction of sp³-hybridized carbons (Fsp3) is 0.222. The van der Waals surface area contributed by atoms with Gasteiger partial charge < -0.3 is 14.9 Å². The molecule has 14 heavy (non-hydrogen) atoms. The second-order valence-corrected chi connectivity index (χ2v) is 2.95. The molecule has 76 valence electrons. The highest BCUT2D eigenvalue weighted by Crippen LogP contribution is 2.31. The maximum atomic E-state index is 11.2. The van der Waals surface area contributed by atoms with Gasteiger partial charge in [-0.05, 0) is 13.0 Å². The molecule has 0 aromatic heterocycles. The summed E-state index contributed by atoms with van der Waals surface area (Å²) in [4.78, 5) is 11.2. The maximum absolute atomic E-state index is 11.2. The normalized spacial score (nSPS) is 9.86. The highest BCUT2D eigenvalue weighted by molar-refractivity contribution is 6.33. The molecule has 0 saturated carbocycles. The van der Waals surface area contributed by atoms with Crippen molar-refractivity contribution in [3.05, 3.63) is 22.7 Å². The Balaban J connectivity index is 3.09. The largest absolute Gasteiger partial charge is 0.504 e. The van der Waals surface area contributed by atoms with Gasteiger partial charge in [-0.3, -0.25) is 0 Å². The van der Waals surface area contributed by atoms with Crippen molar-refractivity contribution in [2.24, 2.45) is 0 Å². The van der Waals surface area contributed by atoms with Gasteiger partial charge in [0.15, 0.2) is 11.5 Å². The SMILES string of the molecule is CCOC(=O)c1cc(O)c(O)cc1Cl. The van der Waals surface area contributed by atoms with Gasteiger partial charge in [0.1, 0.15) is 0 Å². The van der Waals surface area contributed by atoms with Gasteiger partial charge >= 0.3 is 5.97 Å². The number of carbonyl (C=O) groups excluding carboxylic acids is 1. The zero-order chi connectivity index (χ0) is 10.7. The summed E-state index contributed by atoms with van der Waals surface area (Å²) in [5, 5.41) is 18.2. The van der Waals surface area contributed by atoms with E-state index in [1.807, 2.05) is 0 Å². The van der Waals surface area contributed by atoms with Crippen molar-refractivity contribution in [2.45, 2.75) is 6.92 Å². The third kappa shape index (κ3) is 2.09. The predicted octanol–water partition coefficient (Wildman–Crippen LogP) is 1.93. The van der Waals surface area contributed by atoms with E-state index in [1.54, 1.807) is 6.92 Å². The second-order valence-electron chi connectivity index (χ2n) is 2.54. The summed E-state index contributed by atoms with van der Waals surface area (Å²) in [6, 6.07) is 2.15. The standard InChI is InChI=1S/C9H9ClO4/c1-2-14-9(13)5-3-7(11)8(12)4-6(5)10/h3-4,11-12H,2H2,1H3. The third-order valence-electron chi connectivity index (χ3n) is 1.56. The first kappa shape index (κ1) is 10.7. The van der Waals surface area contributed by atoms with Gasteiger partial charge in [-0.15, -0.1) is 0 Å². The van der Waals surface area contributed by atoms with E-state index >= 15 is 0 Å². The molecule has 4 nitrogen and oxygen atoms in total. The summed E-state index contributed by atoms with van der Waals surface area (Å²) in [6.07, 6.45) is 0. The first-order chi connectivity index (χ1) is 6.56. The van der Waals surface area contributed by atoms with Crippen molar-refractivity contribution in [3.8, 4) is 11.5 Å². The van der Waals surface area contributed by atoms with E-state index in [-0.39, 0.29) is 22.9 Å². The fourth-order valence-electron chi connectivity index (χ4n) is 0.917. The number of hydrogen-bond acceptors (Lipinski definition) is 4. The Kier molecular flexibility index (Phi) is 3.19. The van der Waals surface area contributed by atoms with E-state index in [0.29, 0.717) is 0 Å². The lowest BCUT2D eigenvalue weighted by atomic mass is 10.2. The summed E-state index contributed by atoms with van der Waals surface area (Å²) in [6.45, 7) is 1.88. The number of phenolic OH excluding ortho intramolecular Hbond substituents is 2. The third-order valence-corrected chi connectivity index (χ3v) is 1.87. The number of carbonyl (C=O) groups is 1. The van der Waals surface area contributed by atoms with Crippen LogP contribution in [0.5, 0.6) is 11.5 Å². The number of aromatic hydroxyl groups is 2. The molecule has 0 bridgehead atoms. The quantitative estimate of drug-likeness (QED) is 0.586. The first-order valence-corrected chi connectivity index (χ1v) is 4.32. The average molecular weight is 217 g/mol. The second kappa shape index (κ2) is 4.19. The van der Waals surface area contributed by atoms with E-state index < -0.39 is 11.7 Å². The van der Waals surface area contributed by atoms with Crippen LogP contribution in [0.1, 0.15) is 17.3 Å². The van der Waals surface area contributed by atoms with Crippen LogP contribution in [0, 0.1) is 0 Å². The van der Waals surface area contributed by atoms with Gasteiger partial charge in [-0.2, -0.15) is 0 Å². The molecule has 0 aliphatic heterocycles. The Labute approximate surface area is 85.7 Å². The maximum Gasteiger partial charge on any atom is 0.339 e. The Hall–Kier alpha value is -1.42. The van der Waals surface area contributed by atoms with Gasteiger partial charge in [-0.1, -0.05) is 11.6 Å². The summed E-state index contributed by atoms with van der Waals surface area (Å²) in [5.41, 5.74) is 0.0313. The number of ether oxygens (including phenoxy) is 1. The minimum absolute atomic E-state index is 0.0313. The number of esters is 1. The molecule has 0 heterocycles. The number of rotatable bonds is 2. The molecule has 0 atom stereocenters. The van der Waals surface area contributed by atoms with Crippen molar-refractivity contribution in [3.63, 3.8) is 0 Å². The van der Waals surface area contributed by atoms with Crippen LogP contribution in [0.3, 0.4) is 0 Å². The summed E-state index contributed by atoms with van der Waals surface area (Å²) < 4.78 is 4.69. The fourth-order valence-corrected chi connectivity index (χ4v) is 1.15. The van der Waals surface area contributed by atoms with Gasteiger partial charge in [0.25, 0.3) is 0 Å². The molecular formula is C9H9ClO4. The molecule has 0 aliphatic rings. The van der Waals surface area contributed by atoms with E-state index in [2.05, 4.69) is 4.74 Å². The Morgan fingerprint density at radius 3 is 2.57 bits per heavy atom. The monoisotopic (exact) mass is 216 g/mol. The molecule has 5 heteroatoms. The van der Waals surface area contributed by atoms with Crippen LogP contribution in [0.15, 0.2) is 12.1 Å². The van der Waals surface area contributed by atoms with Crippen molar-refractivity contribution in [2.75, 3.05) is 6.61 Å². The molecule has 0 amide bonds. The zero-order valence-corrected chi connectivity index (χ0v) is 8.21. The summed E-state index contributed by atoms with van der Waals surface area (Å²) >= 11 is 5.66. The van der Waals surface area contributed by atoms with Crippen LogP contribution in [0.2, 0.25) is 5.02 Å². The Morgan fingerprint density at radius 2 is 2.00 bits per heavy atom. The molecule has 0 aliphatic carbocycles. The van der Waals surface area contributed by atoms with Gasteiger partial charge in [0.05, 0.1) is 17.2 Å². The molecule has 0 unspecified atom stereocenters. The molecule has 2 N–H and O–H groups in total. The minimum atomic E-state index is -0.632. The molecule has 1 rings (SSSR count). The van der Waals surface area contributed by atoms with Crippen molar-refractivity contribution in [1.29, 1.82) is 0 Å². The highest BCUT2D eigenvalue weighted by Gasteiger charge is 2.14. The van der Waals surface area contributed by atoms with Gasteiger partial charge in [0.2, 0.25) is 0 Å². The van der Waals surface area contributed by atoms with E-state index in [9.17, 15) is 4.79 Å². The number of benzene rings is 1. The van der Waals surface area contributed by atoms with Crippen molar-refractivity contribution in [1.82, 2.24) is 0 Å². The molecule has 0 fully saturated rings. The minimum Gasteiger partial charge on any atom is -0.504 e. The Bertz CT molecular complexity index is 362. The van der Waals surface area contributed by atoms with Crippen LogP contribution in [0.25, 0.3) is 0 Å². The molecular weight excluding hydrogens is 208 g/mol. The van der Waals surface area contributed by atoms with Crippen LogP contribution in [-0.4, -0.2) is 22.8 Å². The summed E-state index contributed by atoms with van der Waals surface area (Å²) in [7, 11) is 0. The van der Waals surface area contributed by atoms with Crippen molar-refractivity contribution < 1.29 is 19.7 Å². The van der Waals surface area contributed by atoms with Crippen LogP contribution in [0.4, 0.5) is 0 Å². The average Bonchev–Trinajstić information content (AvgIpc) is 2.11. The summed E-state index contributed by atoms with van der Waals surface area (Å²) in [5.74, 6) is -1.41. The lowest BCUT2D eigenvalue weighted by Crippen LogP contribution is -2.05. The Morgan fingerprint density at radius 1 is 1.43 bits per heavy atom. The van der Waals surface area contributed by atoms with E-state index in [1.165, 1.54) is 0 Å². The van der Waals surface area contributed by atoms with Crippen LogP contribution < -0.4 is 0 Å². The van der Waals surface area contributed by atoms with Gasteiger partial charge in [-0.25, -0.2) is 4.79 Å². The molecule has 1 aromatic carbocycles. The van der Waals surface area contributed by atoms with E-state index in [4.69, 9.17) is 21.8 Å².